The number of nitrogens with one attached hydrogen (secondary N) is 1. The lowest BCUT2D eigenvalue weighted by Gasteiger charge is -2.14. The smallest absolute Gasteiger partial charge is 0.260 e. The van der Waals surface area contributed by atoms with Crippen LogP contribution in [-0.2, 0) is 9.47 Å². The average Bonchev–Trinajstić information content (AvgIpc) is 2.11. The van der Waals surface area contributed by atoms with Crippen molar-refractivity contribution < 1.29 is 18.3 Å². The van der Waals surface area contributed by atoms with E-state index in [-0.39, 0.29) is 19.8 Å². The first-order chi connectivity index (χ1) is 6.12. The van der Waals surface area contributed by atoms with Crippen molar-refractivity contribution in [2.75, 3.05) is 33.6 Å². The van der Waals surface area contributed by atoms with E-state index in [1.807, 2.05) is 0 Å². The number of halogens is 2. The van der Waals surface area contributed by atoms with E-state index in [0.29, 0.717) is 13.2 Å². The van der Waals surface area contributed by atoms with Gasteiger partial charge in [0.2, 0.25) is 0 Å². The molecule has 5 heteroatoms. The number of ether oxygens (including phenoxy) is 2. The Morgan fingerprint density at radius 2 is 2.08 bits per heavy atom. The summed E-state index contributed by atoms with van der Waals surface area (Å²) < 4.78 is 34.7. The Labute approximate surface area is 77.4 Å². The minimum Gasteiger partial charge on any atom is -0.359 e. The predicted octanol–water partition coefficient (Wildman–Crippen LogP) is 1.24. The largest absolute Gasteiger partial charge is 0.359 e. The van der Waals surface area contributed by atoms with Crippen molar-refractivity contribution in [3.05, 3.63) is 0 Å². The lowest BCUT2D eigenvalue weighted by Crippen LogP contribution is -2.34. The Bertz CT molecular complexity index is 123. The highest BCUT2D eigenvalue weighted by atomic mass is 19.3. The molecule has 80 valence electrons. The number of rotatable bonds is 8. The third-order valence-electron chi connectivity index (χ3n) is 1.53. The predicted molar refractivity (Wildman–Crippen MR) is 45.9 cm³/mol. The molecule has 0 aliphatic carbocycles. The van der Waals surface area contributed by atoms with E-state index in [0.717, 1.165) is 0 Å². The van der Waals surface area contributed by atoms with E-state index < -0.39 is 5.92 Å². The third-order valence-corrected chi connectivity index (χ3v) is 1.53. The molecule has 0 unspecified atom stereocenters. The molecule has 0 bridgehead atoms. The fraction of sp³-hybridized carbons (Fsp3) is 1.00. The van der Waals surface area contributed by atoms with Crippen LogP contribution in [0.5, 0.6) is 0 Å². The molecule has 0 atom stereocenters. The summed E-state index contributed by atoms with van der Waals surface area (Å²) in [7, 11) is 1.51. The molecule has 0 saturated heterocycles. The molecule has 0 aromatic rings. The van der Waals surface area contributed by atoms with Gasteiger partial charge in [-0.2, -0.15) is 0 Å². The molecular weight excluding hydrogens is 180 g/mol. The third kappa shape index (κ3) is 8.08. The van der Waals surface area contributed by atoms with Crippen LogP contribution in [0.25, 0.3) is 0 Å². The summed E-state index contributed by atoms with van der Waals surface area (Å²) in [5, 5.41) is 2.60. The second kappa shape index (κ2) is 7.17. The maximum Gasteiger partial charge on any atom is 0.260 e. The Hall–Kier alpha value is -0.260. The zero-order valence-corrected chi connectivity index (χ0v) is 8.11. The first-order valence-corrected chi connectivity index (χ1v) is 4.27. The van der Waals surface area contributed by atoms with Gasteiger partial charge in [0, 0.05) is 20.1 Å². The highest BCUT2D eigenvalue weighted by Gasteiger charge is 2.24. The molecule has 1 N–H and O–H groups in total. The minimum absolute atomic E-state index is 0.140. The van der Waals surface area contributed by atoms with E-state index in [9.17, 15) is 8.78 Å². The van der Waals surface area contributed by atoms with Gasteiger partial charge >= 0.3 is 0 Å². The number of alkyl halides is 2. The number of methoxy groups -OCH3 is 1. The van der Waals surface area contributed by atoms with Gasteiger partial charge in [0.1, 0.15) is 6.79 Å². The quantitative estimate of drug-likeness (QED) is 0.469. The first kappa shape index (κ1) is 12.7. The van der Waals surface area contributed by atoms with Crippen molar-refractivity contribution in [1.82, 2.24) is 5.32 Å². The second-order valence-electron chi connectivity index (χ2n) is 2.70. The van der Waals surface area contributed by atoms with Gasteiger partial charge in [0.05, 0.1) is 13.2 Å². The van der Waals surface area contributed by atoms with Crippen LogP contribution >= 0.6 is 0 Å². The average molecular weight is 197 g/mol. The van der Waals surface area contributed by atoms with Crippen molar-refractivity contribution in [2.24, 2.45) is 0 Å². The Morgan fingerprint density at radius 1 is 1.38 bits per heavy atom. The summed E-state index contributed by atoms with van der Waals surface area (Å²) in [5.74, 6) is -2.61. The number of hydrogen-bond acceptors (Lipinski definition) is 3. The molecule has 0 aliphatic rings. The van der Waals surface area contributed by atoms with E-state index in [4.69, 9.17) is 4.74 Å². The monoisotopic (exact) mass is 197 g/mol. The van der Waals surface area contributed by atoms with Gasteiger partial charge in [0.15, 0.2) is 0 Å². The topological polar surface area (TPSA) is 30.5 Å². The van der Waals surface area contributed by atoms with Crippen LogP contribution in [0.2, 0.25) is 0 Å². The zero-order chi connectivity index (χ0) is 10.2. The summed E-state index contributed by atoms with van der Waals surface area (Å²) in [6.45, 7) is 2.17. The van der Waals surface area contributed by atoms with Gasteiger partial charge in [-0.3, -0.25) is 0 Å². The molecule has 0 saturated carbocycles. The van der Waals surface area contributed by atoms with E-state index in [2.05, 4.69) is 10.1 Å². The lowest BCUT2D eigenvalue weighted by atomic mass is 10.2. The second-order valence-corrected chi connectivity index (χ2v) is 2.70. The highest BCUT2D eigenvalue weighted by molar-refractivity contribution is 4.66. The Morgan fingerprint density at radius 3 is 2.62 bits per heavy atom. The summed E-state index contributed by atoms with van der Waals surface area (Å²) >= 11 is 0. The lowest BCUT2D eigenvalue weighted by molar-refractivity contribution is -0.0334. The minimum atomic E-state index is -2.61. The molecule has 0 rings (SSSR count). The fourth-order valence-electron chi connectivity index (χ4n) is 0.683. The number of hydrogen-bond donors (Lipinski definition) is 1. The van der Waals surface area contributed by atoms with Crippen LogP contribution < -0.4 is 5.32 Å². The molecule has 0 fully saturated rings. The van der Waals surface area contributed by atoms with Crippen LogP contribution in [0.3, 0.4) is 0 Å². The standard InChI is InChI=1S/C8H17F2NO2/c1-3-8(9,10)6-11-4-5-13-7-12-2/h11H,3-7H2,1-2H3. The maximum atomic E-state index is 12.6. The zero-order valence-electron chi connectivity index (χ0n) is 8.11. The van der Waals surface area contributed by atoms with Gasteiger partial charge in [-0.05, 0) is 0 Å². The Balaban J connectivity index is 3.16. The summed E-state index contributed by atoms with van der Waals surface area (Å²) in [4.78, 5) is 0. The van der Waals surface area contributed by atoms with E-state index >= 15 is 0 Å². The summed E-state index contributed by atoms with van der Waals surface area (Å²) in [6.07, 6.45) is -0.140. The maximum absolute atomic E-state index is 12.6. The molecular formula is C8H17F2NO2. The summed E-state index contributed by atoms with van der Waals surface area (Å²) in [6, 6.07) is 0. The molecule has 3 nitrogen and oxygen atoms in total. The van der Waals surface area contributed by atoms with Crippen molar-refractivity contribution >= 4 is 0 Å². The normalized spacial score (nSPS) is 12.0. The molecule has 0 heterocycles. The highest BCUT2D eigenvalue weighted by Crippen LogP contribution is 2.15. The molecule has 0 aliphatic heterocycles. The van der Waals surface area contributed by atoms with Crippen LogP contribution in [0, 0.1) is 0 Å². The SMILES string of the molecule is CCC(F)(F)CNCCOCOC. The molecule has 0 aromatic carbocycles. The molecule has 0 amide bonds. The van der Waals surface area contributed by atoms with Crippen LogP contribution in [0.1, 0.15) is 13.3 Å². The van der Waals surface area contributed by atoms with Gasteiger partial charge in [-0.15, -0.1) is 0 Å². The van der Waals surface area contributed by atoms with Crippen molar-refractivity contribution in [3.63, 3.8) is 0 Å². The van der Waals surface area contributed by atoms with Crippen molar-refractivity contribution in [3.8, 4) is 0 Å². The van der Waals surface area contributed by atoms with E-state index in [1.165, 1.54) is 14.0 Å². The molecule has 0 spiro atoms. The van der Waals surface area contributed by atoms with Crippen molar-refractivity contribution in [1.29, 1.82) is 0 Å². The van der Waals surface area contributed by atoms with Gasteiger partial charge in [0.25, 0.3) is 5.92 Å². The van der Waals surface area contributed by atoms with Crippen molar-refractivity contribution in [2.45, 2.75) is 19.3 Å². The van der Waals surface area contributed by atoms with Crippen LogP contribution in [0.15, 0.2) is 0 Å². The van der Waals surface area contributed by atoms with Gasteiger partial charge in [-0.1, -0.05) is 6.92 Å². The van der Waals surface area contributed by atoms with Crippen LogP contribution in [0.4, 0.5) is 8.78 Å². The first-order valence-electron chi connectivity index (χ1n) is 4.27. The van der Waals surface area contributed by atoms with E-state index in [1.54, 1.807) is 0 Å². The van der Waals surface area contributed by atoms with Gasteiger partial charge < -0.3 is 14.8 Å². The summed E-state index contributed by atoms with van der Waals surface area (Å²) in [5.41, 5.74) is 0. The fourth-order valence-corrected chi connectivity index (χ4v) is 0.683. The molecule has 0 aromatic heterocycles. The van der Waals surface area contributed by atoms with Crippen LogP contribution in [-0.4, -0.2) is 39.5 Å². The molecule has 0 radical (unpaired) electrons. The van der Waals surface area contributed by atoms with Gasteiger partial charge in [-0.25, -0.2) is 8.78 Å². The molecule has 13 heavy (non-hydrogen) atoms. The Kier molecular flexibility index (Phi) is 7.03.